The van der Waals surface area contributed by atoms with Crippen LogP contribution in [0.5, 0.6) is 5.75 Å². The third kappa shape index (κ3) is 3.78. The van der Waals surface area contributed by atoms with Crippen LogP contribution in [0.25, 0.3) is 33.7 Å². The van der Waals surface area contributed by atoms with E-state index in [9.17, 15) is 4.79 Å². The molecule has 5 aromatic rings. The largest absolute Gasteiger partial charge is 0.489 e. The number of nitrogens with zero attached hydrogens (tertiary/aromatic N) is 3. The van der Waals surface area contributed by atoms with Crippen LogP contribution in [0.15, 0.2) is 88.3 Å². The molecule has 0 N–H and O–H groups in total. The predicted molar refractivity (Wildman–Crippen MR) is 123 cm³/mol. The molecule has 0 bridgehead atoms. The van der Waals surface area contributed by atoms with Gasteiger partial charge in [0, 0.05) is 24.2 Å². The van der Waals surface area contributed by atoms with Crippen LogP contribution in [0, 0.1) is 6.92 Å². The van der Waals surface area contributed by atoms with E-state index >= 15 is 0 Å². The van der Waals surface area contributed by atoms with Crippen molar-refractivity contribution >= 4 is 10.9 Å². The van der Waals surface area contributed by atoms with Crippen LogP contribution >= 0.6 is 0 Å². The molecule has 0 spiro atoms. The van der Waals surface area contributed by atoms with Gasteiger partial charge >= 0.3 is 0 Å². The van der Waals surface area contributed by atoms with Crippen LogP contribution in [0.1, 0.15) is 11.1 Å². The lowest BCUT2D eigenvalue weighted by atomic mass is 10.1. The smallest absolute Gasteiger partial charge is 0.263 e. The van der Waals surface area contributed by atoms with Crippen molar-refractivity contribution in [1.82, 2.24) is 14.7 Å². The van der Waals surface area contributed by atoms with Gasteiger partial charge in [-0.1, -0.05) is 47.1 Å². The van der Waals surface area contributed by atoms with Crippen molar-refractivity contribution in [3.05, 3.63) is 100 Å². The van der Waals surface area contributed by atoms with Crippen LogP contribution in [0.3, 0.4) is 0 Å². The van der Waals surface area contributed by atoms with Crippen molar-refractivity contribution in [2.24, 2.45) is 7.05 Å². The standard InChI is InChI=1S/C26H21N3O3/c1-17-8-13-23-21(14-17)24(30)22(15-29(23)2)26-27-25(28-32-26)19-9-11-20(12-10-19)31-16-18-6-4-3-5-7-18/h3-15H,16H2,1-2H3. The molecule has 0 aliphatic carbocycles. The van der Waals surface area contributed by atoms with Crippen molar-refractivity contribution in [3.8, 4) is 28.6 Å². The topological polar surface area (TPSA) is 70.2 Å². The summed E-state index contributed by atoms with van der Waals surface area (Å²) in [4.78, 5) is 17.5. The second-order valence-electron chi connectivity index (χ2n) is 7.73. The first-order chi connectivity index (χ1) is 15.6. The summed E-state index contributed by atoms with van der Waals surface area (Å²) in [5.41, 5.74) is 4.02. The predicted octanol–water partition coefficient (Wildman–Crippen LogP) is 5.14. The Morgan fingerprint density at radius 3 is 2.56 bits per heavy atom. The Morgan fingerprint density at radius 1 is 1.00 bits per heavy atom. The molecule has 5 rings (SSSR count). The molecule has 2 aromatic heterocycles. The number of pyridine rings is 1. The van der Waals surface area contributed by atoms with Gasteiger partial charge in [-0.15, -0.1) is 0 Å². The van der Waals surface area contributed by atoms with E-state index in [0.29, 0.717) is 23.4 Å². The Morgan fingerprint density at radius 2 is 1.78 bits per heavy atom. The van der Waals surface area contributed by atoms with E-state index in [1.165, 1.54) is 0 Å². The number of aryl methyl sites for hydroxylation is 2. The summed E-state index contributed by atoms with van der Waals surface area (Å²) >= 11 is 0. The van der Waals surface area contributed by atoms with Crippen LogP contribution in [0.2, 0.25) is 0 Å². The van der Waals surface area contributed by atoms with Gasteiger partial charge in [-0.3, -0.25) is 4.79 Å². The number of ether oxygens (including phenoxy) is 1. The molecule has 3 aromatic carbocycles. The number of hydrogen-bond acceptors (Lipinski definition) is 5. The van der Waals surface area contributed by atoms with Gasteiger partial charge in [-0.2, -0.15) is 4.98 Å². The van der Waals surface area contributed by atoms with E-state index in [0.717, 1.165) is 28.0 Å². The molecule has 6 nitrogen and oxygen atoms in total. The first-order valence-corrected chi connectivity index (χ1v) is 10.3. The maximum atomic E-state index is 13.1. The minimum Gasteiger partial charge on any atom is -0.489 e. The average molecular weight is 423 g/mol. The molecule has 2 heterocycles. The van der Waals surface area contributed by atoms with E-state index in [4.69, 9.17) is 9.26 Å². The minimum absolute atomic E-state index is 0.123. The van der Waals surface area contributed by atoms with Gasteiger partial charge in [0.1, 0.15) is 17.9 Å². The fourth-order valence-corrected chi connectivity index (χ4v) is 3.65. The lowest BCUT2D eigenvalue weighted by Crippen LogP contribution is -2.10. The molecule has 0 radical (unpaired) electrons. The van der Waals surface area contributed by atoms with Gasteiger partial charge in [-0.05, 0) is 48.9 Å². The van der Waals surface area contributed by atoms with Crippen molar-refractivity contribution in [3.63, 3.8) is 0 Å². The average Bonchev–Trinajstić information content (AvgIpc) is 3.31. The highest BCUT2D eigenvalue weighted by Gasteiger charge is 2.17. The van der Waals surface area contributed by atoms with Gasteiger partial charge in [0.15, 0.2) is 0 Å². The SMILES string of the molecule is Cc1ccc2c(c1)c(=O)c(-c1nc(-c3ccc(OCc4ccccc4)cc3)no1)cn2C. The Hall–Kier alpha value is -4.19. The maximum Gasteiger partial charge on any atom is 0.263 e. The van der Waals surface area contributed by atoms with Gasteiger partial charge in [0.25, 0.3) is 5.89 Å². The number of hydrogen-bond donors (Lipinski definition) is 0. The Labute approximate surface area is 184 Å². The maximum absolute atomic E-state index is 13.1. The van der Waals surface area contributed by atoms with Gasteiger partial charge in [-0.25, -0.2) is 0 Å². The number of aromatic nitrogens is 3. The monoisotopic (exact) mass is 423 g/mol. The molecule has 6 heteroatoms. The van der Waals surface area contributed by atoms with Crippen LogP contribution < -0.4 is 10.2 Å². The summed E-state index contributed by atoms with van der Waals surface area (Å²) in [6, 6.07) is 23.3. The molecule has 0 aliphatic rings. The van der Waals surface area contributed by atoms with Crippen LogP contribution in [-0.2, 0) is 13.7 Å². The minimum atomic E-state index is -0.123. The zero-order valence-corrected chi connectivity index (χ0v) is 17.8. The van der Waals surface area contributed by atoms with Crippen LogP contribution in [-0.4, -0.2) is 14.7 Å². The molecular weight excluding hydrogens is 402 g/mol. The lowest BCUT2D eigenvalue weighted by molar-refractivity contribution is 0.306. The second-order valence-corrected chi connectivity index (χ2v) is 7.73. The third-order valence-electron chi connectivity index (χ3n) is 5.36. The van der Waals surface area contributed by atoms with E-state index < -0.39 is 0 Å². The first kappa shape index (κ1) is 19.8. The number of benzene rings is 3. The van der Waals surface area contributed by atoms with Crippen molar-refractivity contribution in [2.45, 2.75) is 13.5 Å². The molecule has 0 atom stereocenters. The van der Waals surface area contributed by atoms with Crippen molar-refractivity contribution < 1.29 is 9.26 Å². The molecule has 0 unspecified atom stereocenters. The van der Waals surface area contributed by atoms with Gasteiger partial charge in [0.2, 0.25) is 11.3 Å². The first-order valence-electron chi connectivity index (χ1n) is 10.3. The zero-order valence-electron chi connectivity index (χ0n) is 17.8. The normalized spacial score (nSPS) is 11.1. The summed E-state index contributed by atoms with van der Waals surface area (Å²) in [7, 11) is 1.89. The summed E-state index contributed by atoms with van der Waals surface area (Å²) in [6.07, 6.45) is 1.73. The fraction of sp³-hybridized carbons (Fsp3) is 0.115. The summed E-state index contributed by atoms with van der Waals surface area (Å²) in [5, 5.41) is 4.71. The summed E-state index contributed by atoms with van der Waals surface area (Å²) < 4.78 is 13.2. The number of rotatable bonds is 5. The van der Waals surface area contributed by atoms with Crippen molar-refractivity contribution in [2.75, 3.05) is 0 Å². The van der Waals surface area contributed by atoms with E-state index in [1.54, 1.807) is 6.20 Å². The third-order valence-corrected chi connectivity index (χ3v) is 5.36. The van der Waals surface area contributed by atoms with Gasteiger partial charge in [0.05, 0.1) is 5.52 Å². The quantitative estimate of drug-likeness (QED) is 0.391. The highest BCUT2D eigenvalue weighted by Crippen LogP contribution is 2.24. The van der Waals surface area contributed by atoms with Crippen molar-refractivity contribution in [1.29, 1.82) is 0 Å². The highest BCUT2D eigenvalue weighted by atomic mass is 16.5. The van der Waals surface area contributed by atoms with E-state index in [1.807, 2.05) is 91.3 Å². The van der Waals surface area contributed by atoms with E-state index in [2.05, 4.69) is 10.1 Å². The Bertz CT molecular complexity index is 1450. The van der Waals surface area contributed by atoms with Gasteiger partial charge < -0.3 is 13.8 Å². The van der Waals surface area contributed by atoms with E-state index in [-0.39, 0.29) is 11.3 Å². The molecule has 0 saturated carbocycles. The lowest BCUT2D eigenvalue weighted by Gasteiger charge is -2.07. The summed E-state index contributed by atoms with van der Waals surface area (Å²) in [6.45, 7) is 2.46. The Balaban J connectivity index is 1.40. The van der Waals surface area contributed by atoms with Crippen LogP contribution in [0.4, 0.5) is 0 Å². The zero-order chi connectivity index (χ0) is 22.1. The molecule has 0 aliphatic heterocycles. The summed E-state index contributed by atoms with van der Waals surface area (Å²) in [5.74, 6) is 1.37. The molecule has 0 fully saturated rings. The molecule has 32 heavy (non-hydrogen) atoms. The fourth-order valence-electron chi connectivity index (χ4n) is 3.65. The second kappa shape index (κ2) is 8.15. The highest BCUT2D eigenvalue weighted by molar-refractivity contribution is 5.83. The molecule has 0 amide bonds. The number of fused-ring (bicyclic) bond motifs is 1. The Kier molecular flexibility index (Phi) is 5.03. The molecular formula is C26H21N3O3. The molecule has 158 valence electrons. The molecule has 0 saturated heterocycles.